The maximum Gasteiger partial charge on any atom is 0.306 e. The van der Waals surface area contributed by atoms with Gasteiger partial charge in [0.2, 0.25) is 0 Å². The van der Waals surface area contributed by atoms with Crippen molar-refractivity contribution >= 4 is 41.3 Å². The van der Waals surface area contributed by atoms with E-state index in [2.05, 4.69) is 25.7 Å². The molecule has 2 atom stereocenters. The van der Waals surface area contributed by atoms with E-state index < -0.39 is 0 Å². The molecule has 26 heavy (non-hydrogen) atoms. The molecule has 0 radical (unpaired) electrons. The number of cyclic esters (lactones) is 1. The molecule has 0 spiro atoms. The van der Waals surface area contributed by atoms with Gasteiger partial charge < -0.3 is 4.74 Å². The van der Waals surface area contributed by atoms with Crippen molar-refractivity contribution in [1.82, 2.24) is 0 Å². The van der Waals surface area contributed by atoms with Gasteiger partial charge in [0.05, 0.1) is 6.42 Å². The molecule has 2 nitrogen and oxygen atoms in total. The topological polar surface area (TPSA) is 26.3 Å². The van der Waals surface area contributed by atoms with Crippen LogP contribution in [0, 0.1) is 5.92 Å². The minimum atomic E-state index is 0.00426. The van der Waals surface area contributed by atoms with Crippen LogP contribution in [0.4, 0.5) is 0 Å². The van der Waals surface area contributed by atoms with Crippen LogP contribution in [0.2, 0.25) is 0 Å². The molecule has 1 saturated heterocycles. The zero-order valence-electron chi connectivity index (χ0n) is 17.4. The van der Waals surface area contributed by atoms with Crippen molar-refractivity contribution < 1.29 is 9.53 Å². The van der Waals surface area contributed by atoms with Gasteiger partial charge in [-0.3, -0.25) is 4.79 Å². The van der Waals surface area contributed by atoms with Crippen LogP contribution in [0.15, 0.2) is 0 Å². The molecule has 0 aromatic carbocycles. The molecule has 1 fully saturated rings. The predicted molar refractivity (Wildman–Crippen MR) is 122 cm³/mol. The highest BCUT2D eigenvalue weighted by atomic mass is 32.3. The highest BCUT2D eigenvalue weighted by Crippen LogP contribution is 2.54. The summed E-state index contributed by atoms with van der Waals surface area (Å²) >= 11 is 5.62. The Balaban J connectivity index is 2.18. The number of hydrogen-bond donors (Lipinski definition) is 0. The van der Waals surface area contributed by atoms with E-state index in [0.29, 0.717) is 12.3 Å². The van der Waals surface area contributed by atoms with Gasteiger partial charge in [-0.25, -0.2) is 0 Å². The monoisotopic (exact) mass is 420 g/mol. The van der Waals surface area contributed by atoms with Crippen molar-refractivity contribution in [3.05, 3.63) is 0 Å². The minimum absolute atomic E-state index is 0.00426. The van der Waals surface area contributed by atoms with E-state index >= 15 is 0 Å². The van der Waals surface area contributed by atoms with Crippen LogP contribution in [0.5, 0.6) is 0 Å². The van der Waals surface area contributed by atoms with E-state index in [1.807, 2.05) is 35.3 Å². The second-order valence-corrected chi connectivity index (χ2v) is 11.3. The second-order valence-electron chi connectivity index (χ2n) is 7.38. The Kier molecular flexibility index (Phi) is 13.7. The fourth-order valence-electron chi connectivity index (χ4n) is 3.94. The molecule has 0 N–H and O–H groups in total. The van der Waals surface area contributed by atoms with E-state index in [0.717, 1.165) is 6.42 Å². The molecule has 1 rings (SSSR count). The van der Waals surface area contributed by atoms with E-state index in [-0.39, 0.29) is 15.5 Å². The summed E-state index contributed by atoms with van der Waals surface area (Å²) in [6, 6.07) is 0. The third kappa shape index (κ3) is 8.26. The lowest BCUT2D eigenvalue weighted by Crippen LogP contribution is -2.33. The van der Waals surface area contributed by atoms with Gasteiger partial charge in [-0.05, 0) is 31.6 Å². The highest BCUT2D eigenvalue weighted by Gasteiger charge is 2.48. The summed E-state index contributed by atoms with van der Waals surface area (Å²) in [4.78, 5) is 11.9. The smallest absolute Gasteiger partial charge is 0.306 e. The van der Waals surface area contributed by atoms with Crippen molar-refractivity contribution in [2.75, 3.05) is 18.8 Å². The van der Waals surface area contributed by atoms with Gasteiger partial charge in [-0.15, -0.1) is 35.3 Å². The van der Waals surface area contributed by atoms with Crippen molar-refractivity contribution in [3.63, 3.8) is 0 Å². The number of rotatable bonds is 16. The maximum atomic E-state index is 11.9. The molecule has 0 aliphatic carbocycles. The van der Waals surface area contributed by atoms with E-state index in [1.165, 1.54) is 70.6 Å². The minimum Gasteiger partial charge on any atom is -0.462 e. The number of thioether (sulfide) groups is 3. The zero-order valence-corrected chi connectivity index (χ0v) is 19.8. The van der Waals surface area contributed by atoms with Crippen LogP contribution in [0.25, 0.3) is 0 Å². The van der Waals surface area contributed by atoms with Gasteiger partial charge in [0.25, 0.3) is 0 Å². The largest absolute Gasteiger partial charge is 0.462 e. The molecule has 0 aromatic rings. The average molecular weight is 421 g/mol. The molecule has 0 aromatic heterocycles. The van der Waals surface area contributed by atoms with Crippen LogP contribution in [0.1, 0.15) is 90.4 Å². The Morgan fingerprint density at radius 1 is 0.846 bits per heavy atom. The Morgan fingerprint density at radius 3 is 1.77 bits per heavy atom. The quantitative estimate of drug-likeness (QED) is 0.148. The average Bonchev–Trinajstić information content (AvgIpc) is 3.03. The summed E-state index contributed by atoms with van der Waals surface area (Å²) in [6.07, 6.45) is 23.2. The molecular weight excluding hydrogens is 380 g/mol. The first kappa shape index (κ1) is 24.6. The molecule has 1 aliphatic rings. The highest BCUT2D eigenvalue weighted by molar-refractivity contribution is 8.33. The lowest BCUT2D eigenvalue weighted by atomic mass is 9.97. The number of carbonyl (C=O) groups is 1. The van der Waals surface area contributed by atoms with E-state index in [9.17, 15) is 4.79 Å². The van der Waals surface area contributed by atoms with Gasteiger partial charge in [0.1, 0.15) is 9.52 Å². The third-order valence-electron chi connectivity index (χ3n) is 5.52. The molecular formula is C21H40O2S3. The molecule has 0 unspecified atom stereocenters. The van der Waals surface area contributed by atoms with Gasteiger partial charge in [0, 0.05) is 5.92 Å². The summed E-state index contributed by atoms with van der Waals surface area (Å²) < 4.78 is 5.75. The van der Waals surface area contributed by atoms with Crippen molar-refractivity contribution in [2.45, 2.75) is 99.9 Å². The summed E-state index contributed by atoms with van der Waals surface area (Å²) in [5.74, 6) is 0.336. The molecule has 1 heterocycles. The fraction of sp³-hybridized carbons (Fsp3) is 0.952. The predicted octanol–water partition coefficient (Wildman–Crippen LogP) is 7.36. The Hall–Kier alpha value is 0.520. The molecule has 154 valence electrons. The van der Waals surface area contributed by atoms with Crippen molar-refractivity contribution in [3.8, 4) is 0 Å². The van der Waals surface area contributed by atoms with Gasteiger partial charge in [0.15, 0.2) is 0 Å². The molecule has 5 heteroatoms. The van der Waals surface area contributed by atoms with Gasteiger partial charge >= 0.3 is 5.97 Å². The molecule has 1 aliphatic heterocycles. The molecule has 0 amide bonds. The maximum absolute atomic E-state index is 11.9. The number of carbonyl (C=O) groups excluding carboxylic acids is 1. The van der Waals surface area contributed by atoms with Crippen molar-refractivity contribution in [1.29, 1.82) is 0 Å². The van der Waals surface area contributed by atoms with Crippen LogP contribution >= 0.6 is 35.3 Å². The van der Waals surface area contributed by atoms with Crippen LogP contribution in [-0.4, -0.2) is 34.3 Å². The Morgan fingerprint density at radius 2 is 1.31 bits per heavy atom. The fourth-order valence-corrected chi connectivity index (χ4v) is 7.55. The standard InChI is InChI=1S/C21H40O2S3/c1-5-6-7-8-9-10-11-12-13-14-15-16-19-18(17-20(22)23-19)21(24-2,25-3)26-4/h18-19H,5-17H2,1-4H3/t18-,19+/m1/s1. The number of ether oxygens (including phenoxy) is 1. The second kappa shape index (κ2) is 14.5. The van der Waals surface area contributed by atoms with Crippen LogP contribution in [0.3, 0.4) is 0 Å². The third-order valence-corrected chi connectivity index (χ3v) is 11.1. The van der Waals surface area contributed by atoms with E-state index in [1.54, 1.807) is 0 Å². The Labute approximate surface area is 175 Å². The SMILES string of the molecule is CCCCCCCCCCCCC[C@@H]1OC(=O)C[C@H]1C(SC)(SC)SC. The summed E-state index contributed by atoms with van der Waals surface area (Å²) in [6.45, 7) is 2.28. The van der Waals surface area contributed by atoms with Crippen LogP contribution < -0.4 is 0 Å². The summed E-state index contributed by atoms with van der Waals surface area (Å²) in [7, 11) is 0. The Bertz CT molecular complexity index is 364. The summed E-state index contributed by atoms with van der Waals surface area (Å²) in [5.41, 5.74) is 0. The zero-order chi connectivity index (χ0) is 19.3. The van der Waals surface area contributed by atoms with Gasteiger partial charge in [-0.2, -0.15) is 0 Å². The number of unbranched alkanes of at least 4 members (excludes halogenated alkanes) is 10. The number of hydrogen-bond acceptors (Lipinski definition) is 5. The first-order valence-corrected chi connectivity index (χ1v) is 14.2. The van der Waals surface area contributed by atoms with Crippen LogP contribution in [-0.2, 0) is 9.53 Å². The van der Waals surface area contributed by atoms with E-state index in [4.69, 9.17) is 4.74 Å². The summed E-state index contributed by atoms with van der Waals surface area (Å²) in [5, 5.41) is 0. The van der Waals surface area contributed by atoms with Crippen molar-refractivity contribution in [2.24, 2.45) is 5.92 Å². The van der Waals surface area contributed by atoms with Gasteiger partial charge in [-0.1, -0.05) is 71.1 Å². The first-order chi connectivity index (χ1) is 12.6. The first-order valence-electron chi connectivity index (χ1n) is 10.5. The normalized spacial score (nSPS) is 20.5. The molecule has 0 bridgehead atoms. The lowest BCUT2D eigenvalue weighted by Gasteiger charge is -2.36. The number of esters is 1. The lowest BCUT2D eigenvalue weighted by molar-refractivity contribution is -0.141. The molecule has 0 saturated carbocycles.